The zero-order valence-corrected chi connectivity index (χ0v) is 11.0. The molecule has 0 fully saturated rings. The fourth-order valence-electron chi connectivity index (χ4n) is 1.66. The van der Waals surface area contributed by atoms with Crippen LogP contribution in [0.2, 0.25) is 0 Å². The summed E-state index contributed by atoms with van der Waals surface area (Å²) in [6.45, 7) is 6.20. The van der Waals surface area contributed by atoms with E-state index < -0.39 is 0 Å². The summed E-state index contributed by atoms with van der Waals surface area (Å²) in [5.74, 6) is 0.542. The van der Waals surface area contributed by atoms with E-state index in [2.05, 4.69) is 55.3 Å². The van der Waals surface area contributed by atoms with Gasteiger partial charge in [0.1, 0.15) is 0 Å². The highest BCUT2D eigenvalue weighted by atomic mass is 15.1. The molecule has 0 heterocycles. The smallest absolute Gasteiger partial charge is 0.189 e. The Hall–Kier alpha value is -1.51. The predicted molar refractivity (Wildman–Crippen MR) is 74.1 cm³/mol. The van der Waals surface area contributed by atoms with E-state index >= 15 is 0 Å². The Balaban J connectivity index is 2.37. The number of guanidine groups is 1. The number of benzene rings is 1. The second-order valence-corrected chi connectivity index (χ2v) is 4.69. The van der Waals surface area contributed by atoms with Crippen molar-refractivity contribution >= 4 is 5.96 Å². The highest BCUT2D eigenvalue weighted by Gasteiger charge is 2.02. The summed E-state index contributed by atoms with van der Waals surface area (Å²) in [6.07, 6.45) is 2.06. The van der Waals surface area contributed by atoms with Crippen molar-refractivity contribution in [3.05, 3.63) is 35.9 Å². The lowest BCUT2D eigenvalue weighted by molar-refractivity contribution is 0.651. The Labute approximate surface area is 104 Å². The number of aliphatic imine (C=N–C) groups is 1. The average Bonchev–Trinajstić information content (AvgIpc) is 2.26. The number of hydrogen-bond acceptors (Lipinski definition) is 1. The third-order valence-corrected chi connectivity index (χ3v) is 2.49. The molecule has 1 atom stereocenters. The van der Waals surface area contributed by atoms with Gasteiger partial charge in [0.25, 0.3) is 0 Å². The molecule has 0 aromatic heterocycles. The van der Waals surface area contributed by atoms with Crippen molar-refractivity contribution in [2.45, 2.75) is 45.7 Å². The molecule has 0 aliphatic rings. The molecule has 0 bridgehead atoms. The van der Waals surface area contributed by atoms with Gasteiger partial charge < -0.3 is 11.1 Å². The lowest BCUT2D eigenvalue weighted by atomic mass is 10.1. The molecular weight excluding hydrogens is 210 g/mol. The molecule has 3 nitrogen and oxygen atoms in total. The van der Waals surface area contributed by atoms with Crippen LogP contribution < -0.4 is 11.1 Å². The zero-order valence-electron chi connectivity index (χ0n) is 11.0. The van der Waals surface area contributed by atoms with E-state index in [9.17, 15) is 0 Å². The van der Waals surface area contributed by atoms with Gasteiger partial charge in [0, 0.05) is 6.04 Å². The summed E-state index contributed by atoms with van der Waals surface area (Å²) >= 11 is 0. The van der Waals surface area contributed by atoms with Gasteiger partial charge in [-0.2, -0.15) is 0 Å². The molecule has 0 saturated heterocycles. The summed E-state index contributed by atoms with van der Waals surface area (Å²) < 4.78 is 0. The quantitative estimate of drug-likeness (QED) is 0.606. The Kier molecular flexibility index (Phi) is 5.53. The Morgan fingerprint density at radius 2 is 1.88 bits per heavy atom. The maximum atomic E-state index is 5.78. The van der Waals surface area contributed by atoms with E-state index in [0.717, 1.165) is 12.8 Å². The molecule has 1 rings (SSSR count). The summed E-state index contributed by atoms with van der Waals surface area (Å²) in [5, 5.41) is 3.10. The molecular formula is C14H23N3. The Morgan fingerprint density at radius 3 is 2.47 bits per heavy atom. The fourth-order valence-corrected chi connectivity index (χ4v) is 1.66. The summed E-state index contributed by atoms with van der Waals surface area (Å²) in [6, 6.07) is 11.0. The van der Waals surface area contributed by atoms with Gasteiger partial charge in [-0.1, -0.05) is 30.3 Å². The van der Waals surface area contributed by atoms with Crippen LogP contribution in [-0.4, -0.2) is 18.0 Å². The molecule has 1 unspecified atom stereocenters. The number of nitrogens with two attached hydrogens (primary N) is 1. The van der Waals surface area contributed by atoms with Crippen molar-refractivity contribution in [2.75, 3.05) is 0 Å². The molecule has 0 radical (unpaired) electrons. The van der Waals surface area contributed by atoms with Crippen molar-refractivity contribution in [3.63, 3.8) is 0 Å². The van der Waals surface area contributed by atoms with Crippen LogP contribution in [0.3, 0.4) is 0 Å². The molecule has 0 saturated carbocycles. The lowest BCUT2D eigenvalue weighted by Crippen LogP contribution is -2.37. The first kappa shape index (κ1) is 13.6. The minimum atomic E-state index is 0.251. The number of hydrogen-bond donors (Lipinski definition) is 2. The van der Waals surface area contributed by atoms with Crippen molar-refractivity contribution < 1.29 is 0 Å². The van der Waals surface area contributed by atoms with Crippen LogP contribution >= 0.6 is 0 Å². The molecule has 94 valence electrons. The normalized spacial score (nSPS) is 13.8. The van der Waals surface area contributed by atoms with Gasteiger partial charge in [0.2, 0.25) is 0 Å². The van der Waals surface area contributed by atoms with Gasteiger partial charge in [-0.05, 0) is 39.2 Å². The monoisotopic (exact) mass is 233 g/mol. The summed E-state index contributed by atoms with van der Waals surface area (Å²) in [4.78, 5) is 4.42. The first-order chi connectivity index (χ1) is 8.08. The topological polar surface area (TPSA) is 50.4 Å². The first-order valence-electron chi connectivity index (χ1n) is 6.21. The van der Waals surface area contributed by atoms with Gasteiger partial charge in [-0.3, -0.25) is 4.99 Å². The average molecular weight is 233 g/mol. The van der Waals surface area contributed by atoms with Gasteiger partial charge in [0.05, 0.1) is 6.04 Å². The highest BCUT2D eigenvalue weighted by Crippen LogP contribution is 2.06. The summed E-state index contributed by atoms with van der Waals surface area (Å²) in [7, 11) is 0. The van der Waals surface area contributed by atoms with E-state index in [1.807, 2.05) is 6.07 Å². The van der Waals surface area contributed by atoms with Crippen LogP contribution in [0.4, 0.5) is 0 Å². The number of nitrogens with one attached hydrogen (secondary N) is 1. The van der Waals surface area contributed by atoms with Crippen molar-refractivity contribution in [2.24, 2.45) is 10.7 Å². The zero-order chi connectivity index (χ0) is 12.7. The van der Waals surface area contributed by atoms with E-state index in [1.165, 1.54) is 5.56 Å². The van der Waals surface area contributed by atoms with Crippen LogP contribution in [0.1, 0.15) is 32.8 Å². The van der Waals surface area contributed by atoms with Gasteiger partial charge >= 0.3 is 0 Å². The van der Waals surface area contributed by atoms with Crippen LogP contribution in [0.5, 0.6) is 0 Å². The van der Waals surface area contributed by atoms with Crippen molar-refractivity contribution in [1.29, 1.82) is 0 Å². The standard InChI is InChI=1S/C14H23N3/c1-11(2)16-14(15)17-12(3)9-10-13-7-5-4-6-8-13/h4-8,11-12H,9-10H2,1-3H3,(H3,15,16,17). The van der Waals surface area contributed by atoms with E-state index in [-0.39, 0.29) is 6.04 Å². The van der Waals surface area contributed by atoms with Crippen LogP contribution in [0.25, 0.3) is 0 Å². The number of aryl methyl sites for hydroxylation is 1. The molecule has 0 aliphatic heterocycles. The molecule has 1 aromatic rings. The Morgan fingerprint density at radius 1 is 1.24 bits per heavy atom. The SMILES string of the molecule is CC(CCc1ccccc1)N=C(N)NC(C)C. The first-order valence-corrected chi connectivity index (χ1v) is 6.21. The molecule has 1 aromatic carbocycles. The molecule has 3 heteroatoms. The third kappa shape index (κ3) is 5.95. The second-order valence-electron chi connectivity index (χ2n) is 4.69. The maximum absolute atomic E-state index is 5.78. The largest absolute Gasteiger partial charge is 0.370 e. The van der Waals surface area contributed by atoms with Crippen molar-refractivity contribution in [1.82, 2.24) is 5.32 Å². The number of nitrogens with zero attached hydrogens (tertiary/aromatic N) is 1. The highest BCUT2D eigenvalue weighted by molar-refractivity contribution is 5.78. The molecule has 0 spiro atoms. The lowest BCUT2D eigenvalue weighted by Gasteiger charge is -2.12. The minimum Gasteiger partial charge on any atom is -0.370 e. The Bertz CT molecular complexity index is 344. The van der Waals surface area contributed by atoms with Crippen LogP contribution in [0, 0.1) is 0 Å². The van der Waals surface area contributed by atoms with Crippen LogP contribution in [0.15, 0.2) is 35.3 Å². The third-order valence-electron chi connectivity index (χ3n) is 2.49. The minimum absolute atomic E-state index is 0.251. The van der Waals surface area contributed by atoms with Gasteiger partial charge in [0.15, 0.2) is 5.96 Å². The fraction of sp³-hybridized carbons (Fsp3) is 0.500. The molecule has 3 N–H and O–H groups in total. The van der Waals surface area contributed by atoms with E-state index in [0.29, 0.717) is 12.0 Å². The molecule has 0 aliphatic carbocycles. The second kappa shape index (κ2) is 6.94. The molecule has 17 heavy (non-hydrogen) atoms. The van der Waals surface area contributed by atoms with E-state index in [1.54, 1.807) is 0 Å². The summed E-state index contributed by atoms with van der Waals surface area (Å²) in [5.41, 5.74) is 7.14. The predicted octanol–water partition coefficient (Wildman–Crippen LogP) is 2.32. The van der Waals surface area contributed by atoms with Gasteiger partial charge in [-0.15, -0.1) is 0 Å². The van der Waals surface area contributed by atoms with Crippen molar-refractivity contribution in [3.8, 4) is 0 Å². The van der Waals surface area contributed by atoms with Crippen LogP contribution in [-0.2, 0) is 6.42 Å². The van der Waals surface area contributed by atoms with Gasteiger partial charge in [-0.25, -0.2) is 0 Å². The number of rotatable bonds is 5. The molecule has 0 amide bonds. The maximum Gasteiger partial charge on any atom is 0.189 e. The van der Waals surface area contributed by atoms with E-state index in [4.69, 9.17) is 5.73 Å².